The van der Waals surface area contributed by atoms with Crippen molar-refractivity contribution in [3.63, 3.8) is 0 Å². The van der Waals surface area contributed by atoms with E-state index in [1.807, 2.05) is 62.4 Å². The summed E-state index contributed by atoms with van der Waals surface area (Å²) in [6, 6.07) is 14.6. The first-order valence-corrected chi connectivity index (χ1v) is 15.7. The number of hydrogen-bond donors (Lipinski definition) is 2. The normalized spacial score (nSPS) is 20.5. The van der Waals surface area contributed by atoms with Gasteiger partial charge < -0.3 is 24.6 Å². The number of carbonyl (C=O) groups is 1. The molecule has 0 radical (unpaired) electrons. The topological polar surface area (TPSA) is 109 Å². The molecule has 2 aromatic carbocycles. The molecule has 3 aliphatic heterocycles. The standard InChI is InChI=1S/C32H33FN4O4.C4H10O/c1-20-7-6-16-40-32(3)12-14-36(15-13-32)31-25(18-29(38)39)21(2)34-28-19-27(35-37(28)31)23-9-4-8-22(17-23)24-10-5-11-26(33)30(24)41-20;1-4(2,3)5/h4-11,17,19-20H,12-16,18H2,1-3H3,(H,38,39);5H,1-3H3/b7-6+;. The van der Waals surface area contributed by atoms with E-state index in [1.54, 1.807) is 31.4 Å². The van der Waals surface area contributed by atoms with E-state index < -0.39 is 17.4 Å². The minimum atomic E-state index is -0.916. The first-order valence-electron chi connectivity index (χ1n) is 15.7. The minimum Gasteiger partial charge on any atom is -0.483 e. The van der Waals surface area contributed by atoms with Gasteiger partial charge in [0.15, 0.2) is 17.2 Å². The van der Waals surface area contributed by atoms with Crippen molar-refractivity contribution in [1.82, 2.24) is 14.6 Å². The zero-order chi connectivity index (χ0) is 33.2. The van der Waals surface area contributed by atoms with E-state index in [-0.39, 0.29) is 23.9 Å². The third-order valence-corrected chi connectivity index (χ3v) is 8.00. The Labute approximate surface area is 269 Å². The number of ether oxygens (including phenoxy) is 2. The van der Waals surface area contributed by atoms with Crippen LogP contribution in [-0.2, 0) is 16.0 Å². The molecule has 7 rings (SSSR count). The number of piperidine rings is 1. The zero-order valence-electron chi connectivity index (χ0n) is 27.4. The number of aromatic nitrogens is 3. The Morgan fingerprint density at radius 1 is 1.11 bits per heavy atom. The van der Waals surface area contributed by atoms with Gasteiger partial charge in [-0.3, -0.25) is 4.79 Å². The molecule has 0 spiro atoms. The fraction of sp³-hybridized carbons (Fsp3) is 0.417. The number of hydrogen-bond acceptors (Lipinski definition) is 7. The second-order valence-corrected chi connectivity index (χ2v) is 13.2. The fourth-order valence-corrected chi connectivity index (χ4v) is 5.72. The van der Waals surface area contributed by atoms with E-state index in [4.69, 9.17) is 24.7 Å². The number of rotatable bonds is 2. The van der Waals surface area contributed by atoms with Crippen LogP contribution in [0.5, 0.6) is 5.75 Å². The minimum absolute atomic E-state index is 0.148. The largest absolute Gasteiger partial charge is 0.483 e. The van der Waals surface area contributed by atoms with Gasteiger partial charge in [-0.15, -0.1) is 0 Å². The van der Waals surface area contributed by atoms with E-state index in [1.165, 1.54) is 6.07 Å². The van der Waals surface area contributed by atoms with Crippen LogP contribution in [0.3, 0.4) is 0 Å². The van der Waals surface area contributed by atoms with E-state index in [9.17, 15) is 9.90 Å². The summed E-state index contributed by atoms with van der Waals surface area (Å²) in [6.07, 6.45) is 4.81. The molecule has 244 valence electrons. The van der Waals surface area contributed by atoms with Crippen molar-refractivity contribution in [3.8, 4) is 28.1 Å². The summed E-state index contributed by atoms with van der Waals surface area (Å²) in [4.78, 5) is 18.8. The van der Waals surface area contributed by atoms with Crippen LogP contribution in [0.2, 0.25) is 0 Å². The second kappa shape index (κ2) is 13.2. The van der Waals surface area contributed by atoms with Crippen molar-refractivity contribution < 1.29 is 28.9 Å². The highest BCUT2D eigenvalue weighted by Crippen LogP contribution is 2.37. The van der Waals surface area contributed by atoms with Crippen molar-refractivity contribution in [3.05, 3.63) is 77.8 Å². The molecular formula is C36H43FN4O5. The lowest BCUT2D eigenvalue weighted by atomic mass is 9.93. The number of fused-ring (bicyclic) bond motifs is 6. The number of aryl methyl sites for hydroxylation is 1. The molecule has 1 unspecified atom stereocenters. The summed E-state index contributed by atoms with van der Waals surface area (Å²) in [7, 11) is 0. The molecule has 1 atom stereocenters. The summed E-state index contributed by atoms with van der Waals surface area (Å²) < 4.78 is 29.2. The molecule has 10 heteroatoms. The summed E-state index contributed by atoms with van der Waals surface area (Å²) >= 11 is 0. The maximum Gasteiger partial charge on any atom is 0.308 e. The van der Waals surface area contributed by atoms with Gasteiger partial charge in [-0.2, -0.15) is 9.61 Å². The van der Waals surface area contributed by atoms with E-state index >= 15 is 4.39 Å². The van der Waals surface area contributed by atoms with Crippen LogP contribution in [0, 0.1) is 12.7 Å². The van der Waals surface area contributed by atoms with Crippen LogP contribution in [0.1, 0.15) is 58.7 Å². The van der Waals surface area contributed by atoms with E-state index in [2.05, 4.69) is 11.8 Å². The Bertz CT molecular complexity index is 1750. The molecule has 46 heavy (non-hydrogen) atoms. The third-order valence-electron chi connectivity index (χ3n) is 8.00. The van der Waals surface area contributed by atoms with Crippen molar-refractivity contribution in [2.75, 3.05) is 24.6 Å². The van der Waals surface area contributed by atoms with Crippen LogP contribution >= 0.6 is 0 Å². The number of para-hydroxylation sites is 1. The predicted octanol–water partition coefficient (Wildman–Crippen LogP) is 6.63. The van der Waals surface area contributed by atoms with Gasteiger partial charge >= 0.3 is 5.97 Å². The van der Waals surface area contributed by atoms with Gasteiger partial charge in [0.2, 0.25) is 0 Å². The highest BCUT2D eigenvalue weighted by molar-refractivity contribution is 5.78. The van der Waals surface area contributed by atoms with Crippen LogP contribution in [0.4, 0.5) is 10.2 Å². The number of halogens is 1. The van der Waals surface area contributed by atoms with Crippen LogP contribution in [-0.4, -0.2) is 67.8 Å². The van der Waals surface area contributed by atoms with Gasteiger partial charge in [-0.1, -0.05) is 36.4 Å². The number of carboxylic acids is 1. The molecule has 3 aliphatic rings. The van der Waals surface area contributed by atoms with Gasteiger partial charge in [0.05, 0.1) is 29.9 Å². The lowest BCUT2D eigenvalue weighted by Gasteiger charge is -2.40. The highest BCUT2D eigenvalue weighted by atomic mass is 19.1. The molecule has 2 N–H and O–H groups in total. The van der Waals surface area contributed by atoms with Crippen molar-refractivity contribution >= 4 is 17.4 Å². The molecule has 4 aromatic rings. The lowest BCUT2D eigenvalue weighted by molar-refractivity contribution is -0.136. The van der Waals surface area contributed by atoms with Crippen molar-refractivity contribution in [2.24, 2.45) is 0 Å². The first-order chi connectivity index (χ1) is 21.7. The first kappa shape index (κ1) is 33.1. The maximum atomic E-state index is 15.1. The Morgan fingerprint density at radius 2 is 1.78 bits per heavy atom. The molecule has 0 aliphatic carbocycles. The average Bonchev–Trinajstić information content (AvgIpc) is 3.40. The smallest absolute Gasteiger partial charge is 0.308 e. The molecule has 0 amide bonds. The lowest BCUT2D eigenvalue weighted by Crippen LogP contribution is -2.45. The summed E-state index contributed by atoms with van der Waals surface area (Å²) in [5.74, 6) is -0.406. The van der Waals surface area contributed by atoms with Gasteiger partial charge in [-0.05, 0) is 78.2 Å². The molecule has 1 saturated heterocycles. The third kappa shape index (κ3) is 7.74. The second-order valence-electron chi connectivity index (χ2n) is 13.2. The molecule has 1 fully saturated rings. The number of aliphatic hydroxyl groups is 1. The van der Waals surface area contributed by atoms with Gasteiger partial charge in [-0.25, -0.2) is 9.37 Å². The van der Waals surface area contributed by atoms with Gasteiger partial charge in [0, 0.05) is 41.5 Å². The fourth-order valence-electron chi connectivity index (χ4n) is 5.72. The monoisotopic (exact) mass is 630 g/mol. The van der Waals surface area contributed by atoms with Crippen molar-refractivity contribution in [1.29, 1.82) is 0 Å². The zero-order valence-corrected chi connectivity index (χ0v) is 27.4. The molecule has 9 nitrogen and oxygen atoms in total. The van der Waals surface area contributed by atoms with Crippen molar-refractivity contribution in [2.45, 2.75) is 78.1 Å². The maximum absolute atomic E-state index is 15.1. The van der Waals surface area contributed by atoms with E-state index in [0.717, 1.165) is 29.8 Å². The van der Waals surface area contributed by atoms with Gasteiger partial charge in [0.1, 0.15) is 11.9 Å². The number of aliphatic carboxylic acids is 1. The Hall–Kier alpha value is -4.28. The van der Waals surface area contributed by atoms with E-state index in [0.29, 0.717) is 47.9 Å². The SMILES string of the molecule is CC(C)(C)O.Cc1nc2cc3nn2c(c1CC(=O)O)N1CCC(C)(CC1)OC/C=C/C(C)Oc1c(F)cccc1-c1cccc-3c1. The molecule has 6 bridgehead atoms. The molecular weight excluding hydrogens is 587 g/mol. The number of nitrogens with zero attached hydrogens (tertiary/aromatic N) is 4. The van der Waals surface area contributed by atoms with Crippen LogP contribution < -0.4 is 9.64 Å². The summed E-state index contributed by atoms with van der Waals surface area (Å²) in [5.41, 5.74) is 4.07. The molecule has 2 aromatic heterocycles. The van der Waals surface area contributed by atoms with Gasteiger partial charge in [0.25, 0.3) is 0 Å². The number of anilines is 1. The summed E-state index contributed by atoms with van der Waals surface area (Å²) in [5, 5.41) is 23.2. The number of carboxylic acid groups (broad SMARTS) is 1. The molecule has 0 saturated carbocycles. The van der Waals surface area contributed by atoms with Crippen LogP contribution in [0.25, 0.3) is 28.0 Å². The Balaban J connectivity index is 0.000000775. The quantitative estimate of drug-likeness (QED) is 0.238. The van der Waals surface area contributed by atoms with Crippen LogP contribution in [0.15, 0.2) is 60.7 Å². The Morgan fingerprint density at radius 3 is 2.48 bits per heavy atom. The summed E-state index contributed by atoms with van der Waals surface area (Å²) in [6.45, 7) is 12.8. The Kier molecular flexibility index (Phi) is 9.51. The predicted molar refractivity (Wildman–Crippen MR) is 177 cm³/mol. The highest BCUT2D eigenvalue weighted by Gasteiger charge is 2.33. The number of benzene rings is 2. The average molecular weight is 631 g/mol. The molecule has 5 heterocycles.